The Morgan fingerprint density at radius 3 is 2.37 bits per heavy atom. The molecule has 1 saturated heterocycles. The molecular weight excluding hydrogens is 375 g/mol. The highest BCUT2D eigenvalue weighted by Crippen LogP contribution is 2.28. The number of halogens is 1. The van der Waals surface area contributed by atoms with Gasteiger partial charge in [-0.1, -0.05) is 42.5 Å². The minimum atomic E-state index is -0.245. The molecule has 3 aromatic carbocycles. The molecule has 0 N–H and O–H groups in total. The van der Waals surface area contributed by atoms with Crippen molar-refractivity contribution in [3.05, 3.63) is 95.3 Å². The summed E-state index contributed by atoms with van der Waals surface area (Å²) in [5, 5.41) is 9.02. The summed E-state index contributed by atoms with van der Waals surface area (Å²) >= 11 is 0. The fourth-order valence-corrected chi connectivity index (χ4v) is 4.01. The second-order valence-electron chi connectivity index (χ2n) is 7.72. The van der Waals surface area contributed by atoms with Crippen molar-refractivity contribution in [2.75, 3.05) is 11.4 Å². The highest BCUT2D eigenvalue weighted by atomic mass is 19.1. The highest BCUT2D eigenvalue weighted by molar-refractivity contribution is 5.50. The molecule has 30 heavy (non-hydrogen) atoms. The first-order valence-electron chi connectivity index (χ1n) is 10.4. The zero-order valence-corrected chi connectivity index (χ0v) is 16.9. The van der Waals surface area contributed by atoms with Crippen molar-refractivity contribution in [2.45, 2.75) is 38.3 Å². The van der Waals surface area contributed by atoms with Crippen molar-refractivity contribution < 1.29 is 9.13 Å². The van der Waals surface area contributed by atoms with Crippen LogP contribution in [0.5, 0.6) is 5.75 Å². The molecule has 0 aromatic heterocycles. The summed E-state index contributed by atoms with van der Waals surface area (Å²) in [6.07, 6.45) is 3.68. The quantitative estimate of drug-likeness (QED) is 0.497. The van der Waals surface area contributed by atoms with Gasteiger partial charge >= 0.3 is 0 Å². The molecule has 3 aromatic rings. The topological polar surface area (TPSA) is 36.3 Å². The average Bonchev–Trinajstić information content (AvgIpc) is 3.23. The van der Waals surface area contributed by atoms with Crippen molar-refractivity contribution in [1.29, 1.82) is 5.26 Å². The SMILES string of the molecule is N#CC[C@@H]1CCCN1c1ccc(Cc2ccc(OCc3ccccc3F)cc2)cc1. The maximum absolute atomic E-state index is 13.7. The lowest BCUT2D eigenvalue weighted by molar-refractivity contribution is 0.300. The Balaban J connectivity index is 1.34. The zero-order valence-electron chi connectivity index (χ0n) is 16.9. The smallest absolute Gasteiger partial charge is 0.129 e. The molecule has 1 fully saturated rings. The standard InChI is InChI=1S/C26H25FN2O/c27-26-6-2-1-4-22(26)19-30-25-13-9-21(10-14-25)18-20-7-11-24(12-8-20)29-17-3-5-23(29)15-16-28/h1-2,4,6-14,23H,3,5,15,17-19H2/t23-/m0/s1. The second-order valence-corrected chi connectivity index (χ2v) is 7.72. The van der Waals surface area contributed by atoms with E-state index in [2.05, 4.69) is 35.2 Å². The van der Waals surface area contributed by atoms with Crippen molar-refractivity contribution in [3.8, 4) is 11.8 Å². The summed E-state index contributed by atoms with van der Waals surface area (Å²) in [6.45, 7) is 1.25. The molecule has 0 bridgehead atoms. The highest BCUT2D eigenvalue weighted by Gasteiger charge is 2.24. The van der Waals surface area contributed by atoms with Crippen LogP contribution in [0.2, 0.25) is 0 Å². The monoisotopic (exact) mass is 400 g/mol. The fourth-order valence-electron chi connectivity index (χ4n) is 4.01. The van der Waals surface area contributed by atoms with Crippen molar-refractivity contribution in [1.82, 2.24) is 0 Å². The van der Waals surface area contributed by atoms with E-state index in [4.69, 9.17) is 10.00 Å². The maximum Gasteiger partial charge on any atom is 0.129 e. The van der Waals surface area contributed by atoms with Crippen LogP contribution in [0, 0.1) is 17.1 Å². The van der Waals surface area contributed by atoms with E-state index in [0.29, 0.717) is 18.0 Å². The van der Waals surface area contributed by atoms with Crippen molar-refractivity contribution in [2.24, 2.45) is 0 Å². The van der Waals surface area contributed by atoms with Gasteiger partial charge in [0.25, 0.3) is 0 Å². The molecule has 0 aliphatic carbocycles. The summed E-state index contributed by atoms with van der Waals surface area (Å²) in [6, 6.07) is 25.9. The molecule has 1 heterocycles. The van der Waals surface area contributed by atoms with Gasteiger partial charge in [0, 0.05) is 23.8 Å². The molecule has 0 radical (unpaired) electrons. The van der Waals surface area contributed by atoms with Crippen LogP contribution >= 0.6 is 0 Å². The van der Waals surface area contributed by atoms with E-state index in [1.54, 1.807) is 12.1 Å². The van der Waals surface area contributed by atoms with Crippen LogP contribution in [-0.4, -0.2) is 12.6 Å². The molecule has 152 valence electrons. The molecule has 1 aliphatic heterocycles. The first-order valence-corrected chi connectivity index (χ1v) is 10.4. The van der Waals surface area contributed by atoms with E-state index < -0.39 is 0 Å². The van der Waals surface area contributed by atoms with Gasteiger partial charge in [0.2, 0.25) is 0 Å². The summed E-state index contributed by atoms with van der Waals surface area (Å²) in [5.74, 6) is 0.486. The van der Waals surface area contributed by atoms with E-state index in [1.165, 1.54) is 22.9 Å². The normalized spacial score (nSPS) is 15.7. The van der Waals surface area contributed by atoms with Crippen LogP contribution < -0.4 is 9.64 Å². The van der Waals surface area contributed by atoms with Crippen LogP contribution in [-0.2, 0) is 13.0 Å². The Hall–Kier alpha value is -3.32. The number of hydrogen-bond acceptors (Lipinski definition) is 3. The lowest BCUT2D eigenvalue weighted by atomic mass is 10.0. The number of nitrogens with zero attached hydrogens (tertiary/aromatic N) is 2. The second kappa shape index (κ2) is 9.45. The Morgan fingerprint density at radius 1 is 0.967 bits per heavy atom. The van der Waals surface area contributed by atoms with Crippen LogP contribution in [0.3, 0.4) is 0 Å². The van der Waals surface area contributed by atoms with Crippen LogP contribution in [0.1, 0.15) is 36.0 Å². The molecule has 4 rings (SSSR count). The Kier molecular flexibility index (Phi) is 6.29. The van der Waals surface area contributed by atoms with E-state index in [-0.39, 0.29) is 12.4 Å². The molecule has 0 spiro atoms. The number of nitriles is 1. The number of rotatable bonds is 7. The zero-order chi connectivity index (χ0) is 20.8. The Bertz CT molecular complexity index is 1010. The number of ether oxygens (including phenoxy) is 1. The van der Waals surface area contributed by atoms with Gasteiger partial charge in [-0.3, -0.25) is 0 Å². The Morgan fingerprint density at radius 2 is 1.67 bits per heavy atom. The molecule has 0 amide bonds. The summed E-state index contributed by atoms with van der Waals surface area (Å²) in [5.41, 5.74) is 4.20. The molecule has 4 heteroatoms. The van der Waals surface area contributed by atoms with Gasteiger partial charge in [-0.15, -0.1) is 0 Å². The van der Waals surface area contributed by atoms with E-state index in [0.717, 1.165) is 31.6 Å². The lowest BCUT2D eigenvalue weighted by Crippen LogP contribution is -2.28. The van der Waals surface area contributed by atoms with E-state index in [1.807, 2.05) is 30.3 Å². The van der Waals surface area contributed by atoms with Gasteiger partial charge in [-0.25, -0.2) is 4.39 Å². The van der Waals surface area contributed by atoms with Crippen LogP contribution in [0.25, 0.3) is 0 Å². The van der Waals surface area contributed by atoms with Gasteiger partial charge in [0.05, 0.1) is 12.5 Å². The van der Waals surface area contributed by atoms with Gasteiger partial charge < -0.3 is 9.64 Å². The first kappa shape index (κ1) is 20.0. The molecular formula is C26H25FN2O. The van der Waals surface area contributed by atoms with Crippen molar-refractivity contribution in [3.63, 3.8) is 0 Å². The first-order chi connectivity index (χ1) is 14.7. The van der Waals surface area contributed by atoms with Gasteiger partial charge in [-0.2, -0.15) is 5.26 Å². The molecule has 0 saturated carbocycles. The van der Waals surface area contributed by atoms with E-state index in [9.17, 15) is 4.39 Å². The summed E-state index contributed by atoms with van der Waals surface area (Å²) in [7, 11) is 0. The molecule has 1 aliphatic rings. The predicted octanol–water partition coefficient (Wildman–Crippen LogP) is 5.88. The summed E-state index contributed by atoms with van der Waals surface area (Å²) < 4.78 is 19.4. The molecule has 3 nitrogen and oxygen atoms in total. The van der Waals surface area contributed by atoms with Gasteiger partial charge in [-0.05, 0) is 60.7 Å². The van der Waals surface area contributed by atoms with E-state index >= 15 is 0 Å². The maximum atomic E-state index is 13.7. The Labute approximate surface area is 177 Å². The van der Waals surface area contributed by atoms with Gasteiger partial charge in [0.1, 0.15) is 18.2 Å². The van der Waals surface area contributed by atoms with Crippen molar-refractivity contribution >= 4 is 5.69 Å². The molecule has 1 atom stereocenters. The molecule has 0 unspecified atom stereocenters. The minimum absolute atomic E-state index is 0.219. The van der Waals surface area contributed by atoms with Crippen LogP contribution in [0.4, 0.5) is 10.1 Å². The predicted molar refractivity (Wildman–Crippen MR) is 117 cm³/mol. The average molecular weight is 400 g/mol. The lowest BCUT2D eigenvalue weighted by Gasteiger charge is -2.25. The fraction of sp³-hybridized carbons (Fsp3) is 0.269. The third-order valence-electron chi connectivity index (χ3n) is 5.66. The summed E-state index contributed by atoms with van der Waals surface area (Å²) in [4.78, 5) is 2.36. The number of hydrogen-bond donors (Lipinski definition) is 0. The number of benzene rings is 3. The van der Waals surface area contributed by atoms with Crippen LogP contribution in [0.15, 0.2) is 72.8 Å². The third-order valence-corrected chi connectivity index (χ3v) is 5.66. The van der Waals surface area contributed by atoms with Gasteiger partial charge in [0.15, 0.2) is 0 Å². The third kappa shape index (κ3) is 4.80. The minimum Gasteiger partial charge on any atom is -0.489 e. The number of anilines is 1. The largest absolute Gasteiger partial charge is 0.489 e.